The van der Waals surface area contributed by atoms with Gasteiger partial charge in [-0.3, -0.25) is 0 Å². The average molecular weight is 119 g/mol. The lowest BCUT2D eigenvalue weighted by Crippen LogP contribution is -2.44. The van der Waals surface area contributed by atoms with Crippen molar-refractivity contribution in [2.45, 2.75) is 19.6 Å². The van der Waals surface area contributed by atoms with Crippen LogP contribution in [0.2, 0.25) is 0 Å². The van der Waals surface area contributed by atoms with Crippen molar-refractivity contribution in [2.24, 2.45) is 11.7 Å². The van der Waals surface area contributed by atoms with Gasteiger partial charge in [-0.15, -0.1) is 0 Å². The molecule has 3 nitrogen and oxygen atoms in total. The number of nitrogens with two attached hydrogens (primary N) is 1. The van der Waals surface area contributed by atoms with E-state index in [9.17, 15) is 0 Å². The zero-order valence-electron chi connectivity index (χ0n) is 5.26. The molecular weight excluding hydrogens is 106 g/mol. The molecule has 4 N–H and O–H groups in total. The highest BCUT2D eigenvalue weighted by Gasteiger charge is 2.21. The molecule has 0 saturated carbocycles. The fourth-order valence-corrected chi connectivity index (χ4v) is 0.185. The predicted octanol–water partition coefficient (Wildman–Crippen LogP) is -0.718. The Morgan fingerprint density at radius 3 is 2.12 bits per heavy atom. The van der Waals surface area contributed by atoms with E-state index in [2.05, 4.69) is 0 Å². The van der Waals surface area contributed by atoms with E-state index < -0.39 is 5.72 Å². The van der Waals surface area contributed by atoms with E-state index in [1.54, 1.807) is 6.92 Å². The van der Waals surface area contributed by atoms with Gasteiger partial charge in [0.25, 0.3) is 0 Å². The van der Waals surface area contributed by atoms with Gasteiger partial charge in [0.1, 0.15) is 5.72 Å². The third-order valence-corrected chi connectivity index (χ3v) is 1.27. The Bertz CT molecular complexity index is 67.3. The maximum atomic E-state index is 8.90. The summed E-state index contributed by atoms with van der Waals surface area (Å²) in [6.45, 7) is 3.07. The lowest BCUT2D eigenvalue weighted by molar-refractivity contribution is -0.0106. The van der Waals surface area contributed by atoms with Gasteiger partial charge in [0.15, 0.2) is 0 Å². The van der Waals surface area contributed by atoms with Gasteiger partial charge in [0, 0.05) is 12.5 Å². The number of hydrogen-bond acceptors (Lipinski definition) is 3. The molecule has 0 aliphatic rings. The number of aliphatic hydroxyl groups is 2. The minimum absolute atomic E-state index is 0.0799. The Morgan fingerprint density at radius 1 is 1.75 bits per heavy atom. The van der Waals surface area contributed by atoms with Crippen LogP contribution in [0.5, 0.6) is 0 Å². The molecule has 3 heteroatoms. The van der Waals surface area contributed by atoms with Crippen LogP contribution >= 0.6 is 0 Å². The fourth-order valence-electron chi connectivity index (χ4n) is 0.185. The Kier molecular flexibility index (Phi) is 2.40. The van der Waals surface area contributed by atoms with Crippen molar-refractivity contribution in [3.8, 4) is 0 Å². The molecule has 0 aliphatic carbocycles. The summed E-state index contributed by atoms with van der Waals surface area (Å²) >= 11 is 0. The summed E-state index contributed by atoms with van der Waals surface area (Å²) in [6.07, 6.45) is 0. The highest BCUT2D eigenvalue weighted by molar-refractivity contribution is 4.69. The minimum atomic E-state index is -1.24. The van der Waals surface area contributed by atoms with Gasteiger partial charge in [0.2, 0.25) is 0 Å². The molecule has 2 atom stereocenters. The molecule has 0 radical (unpaired) electrons. The smallest absolute Gasteiger partial charge is 0.115 e. The number of hydrogen-bond donors (Lipinski definition) is 3. The molecule has 50 valence electrons. The predicted molar refractivity (Wildman–Crippen MR) is 31.1 cm³/mol. The molecule has 0 heterocycles. The van der Waals surface area contributed by atoms with E-state index in [4.69, 9.17) is 15.9 Å². The van der Waals surface area contributed by atoms with Gasteiger partial charge in [-0.25, -0.2) is 0 Å². The van der Waals surface area contributed by atoms with Crippen LogP contribution in [-0.4, -0.2) is 22.5 Å². The van der Waals surface area contributed by atoms with Crippen LogP contribution in [0, 0.1) is 5.92 Å². The molecule has 0 bridgehead atoms. The first-order chi connectivity index (χ1) is 3.48. The van der Waals surface area contributed by atoms with E-state index in [0.29, 0.717) is 0 Å². The maximum absolute atomic E-state index is 8.90. The molecule has 0 amide bonds. The summed E-state index contributed by atoms with van der Waals surface area (Å²) in [5.74, 6) is -0.262. The third kappa shape index (κ3) is 2.26. The van der Waals surface area contributed by atoms with Crippen LogP contribution in [0.1, 0.15) is 13.8 Å². The highest BCUT2D eigenvalue weighted by atomic mass is 16.3. The molecule has 0 aromatic heterocycles. The lowest BCUT2D eigenvalue weighted by atomic mass is 10.0. The van der Waals surface area contributed by atoms with E-state index >= 15 is 0 Å². The number of aliphatic hydroxyl groups excluding tert-OH is 1. The summed E-state index contributed by atoms with van der Waals surface area (Å²) in [4.78, 5) is 0. The van der Waals surface area contributed by atoms with Crippen molar-refractivity contribution in [1.29, 1.82) is 0 Å². The lowest BCUT2D eigenvalue weighted by Gasteiger charge is -2.23. The molecule has 0 saturated heterocycles. The first-order valence-corrected chi connectivity index (χ1v) is 2.60. The average Bonchev–Trinajstić information content (AvgIpc) is 1.62. The Morgan fingerprint density at radius 2 is 2.12 bits per heavy atom. The van der Waals surface area contributed by atoms with Gasteiger partial charge in [0.05, 0.1) is 0 Å². The van der Waals surface area contributed by atoms with Crippen molar-refractivity contribution < 1.29 is 10.2 Å². The molecule has 0 aromatic carbocycles. The second-order valence-electron chi connectivity index (χ2n) is 2.31. The maximum Gasteiger partial charge on any atom is 0.115 e. The van der Waals surface area contributed by atoms with Gasteiger partial charge >= 0.3 is 0 Å². The Balaban J connectivity index is 3.62. The van der Waals surface area contributed by atoms with Crippen molar-refractivity contribution in [1.82, 2.24) is 0 Å². The Labute approximate surface area is 49.1 Å². The molecule has 0 aromatic rings. The molecule has 0 aliphatic heterocycles. The first-order valence-electron chi connectivity index (χ1n) is 2.60. The minimum Gasteiger partial charge on any atom is -0.396 e. The van der Waals surface area contributed by atoms with E-state index in [1.807, 2.05) is 0 Å². The van der Waals surface area contributed by atoms with E-state index in [0.717, 1.165) is 0 Å². The second-order valence-corrected chi connectivity index (χ2v) is 2.31. The Hall–Kier alpha value is -0.120. The van der Waals surface area contributed by atoms with Crippen molar-refractivity contribution >= 4 is 0 Å². The van der Waals surface area contributed by atoms with Crippen molar-refractivity contribution in [2.75, 3.05) is 6.61 Å². The molecule has 0 spiro atoms. The van der Waals surface area contributed by atoms with Gasteiger partial charge in [-0.05, 0) is 6.92 Å². The van der Waals surface area contributed by atoms with Crippen LogP contribution in [-0.2, 0) is 0 Å². The largest absolute Gasteiger partial charge is 0.396 e. The topological polar surface area (TPSA) is 66.5 Å². The van der Waals surface area contributed by atoms with E-state index in [-0.39, 0.29) is 12.5 Å². The first kappa shape index (κ1) is 7.88. The molecule has 0 fully saturated rings. The SMILES string of the molecule is CC(CO)C(C)(N)O. The fraction of sp³-hybridized carbons (Fsp3) is 1.00. The normalized spacial score (nSPS) is 22.1. The van der Waals surface area contributed by atoms with Crippen LogP contribution in [0.3, 0.4) is 0 Å². The summed E-state index contributed by atoms with van der Waals surface area (Å²) in [5.41, 5.74) is 3.94. The van der Waals surface area contributed by atoms with Crippen LogP contribution in [0.15, 0.2) is 0 Å². The number of rotatable bonds is 2. The summed E-state index contributed by atoms with van der Waals surface area (Å²) < 4.78 is 0. The highest BCUT2D eigenvalue weighted by Crippen LogP contribution is 2.07. The van der Waals surface area contributed by atoms with Crippen LogP contribution in [0.25, 0.3) is 0 Å². The van der Waals surface area contributed by atoms with Crippen LogP contribution in [0.4, 0.5) is 0 Å². The van der Waals surface area contributed by atoms with Crippen LogP contribution < -0.4 is 5.73 Å². The third-order valence-electron chi connectivity index (χ3n) is 1.27. The molecule has 8 heavy (non-hydrogen) atoms. The second kappa shape index (κ2) is 2.44. The van der Waals surface area contributed by atoms with Gasteiger partial charge in [-0.1, -0.05) is 6.92 Å². The molecular formula is C5H13NO2. The summed E-state index contributed by atoms with van der Waals surface area (Å²) in [6, 6.07) is 0. The quantitative estimate of drug-likeness (QED) is 0.420. The van der Waals surface area contributed by atoms with Crippen molar-refractivity contribution in [3.63, 3.8) is 0 Å². The monoisotopic (exact) mass is 119 g/mol. The molecule has 2 unspecified atom stereocenters. The van der Waals surface area contributed by atoms with Gasteiger partial charge < -0.3 is 15.9 Å². The zero-order chi connectivity index (χ0) is 6.78. The zero-order valence-corrected chi connectivity index (χ0v) is 5.26. The molecule has 0 rings (SSSR count). The summed E-state index contributed by atoms with van der Waals surface area (Å²) in [5, 5.41) is 17.3. The summed E-state index contributed by atoms with van der Waals surface area (Å²) in [7, 11) is 0. The standard InChI is InChI=1S/C5H13NO2/c1-4(3-7)5(2,6)8/h4,7-8H,3,6H2,1-2H3. The van der Waals surface area contributed by atoms with E-state index in [1.165, 1.54) is 6.92 Å². The van der Waals surface area contributed by atoms with Crippen molar-refractivity contribution in [3.05, 3.63) is 0 Å². The van der Waals surface area contributed by atoms with Gasteiger partial charge in [-0.2, -0.15) is 0 Å².